The molecule has 2 aromatic rings. The van der Waals surface area contributed by atoms with Crippen molar-refractivity contribution in [2.24, 2.45) is 0 Å². The molecule has 3 heteroatoms. The van der Waals surface area contributed by atoms with Gasteiger partial charge in [0.05, 0.1) is 0 Å². The molecule has 0 aromatic heterocycles. The van der Waals surface area contributed by atoms with Crippen LogP contribution in [-0.2, 0) is 21.3 Å². The first-order valence-electron chi connectivity index (χ1n) is 7.18. The Balaban J connectivity index is 1.79. The van der Waals surface area contributed by atoms with Gasteiger partial charge >= 0.3 is 0 Å². The van der Waals surface area contributed by atoms with Gasteiger partial charge in [-0.25, -0.2) is 0 Å². The van der Waals surface area contributed by atoms with Gasteiger partial charge in [-0.05, 0) is 28.8 Å². The van der Waals surface area contributed by atoms with Crippen molar-refractivity contribution in [3.63, 3.8) is 0 Å². The quantitative estimate of drug-likeness (QED) is 0.932. The van der Waals surface area contributed by atoms with Crippen LogP contribution in [0.25, 0.3) is 0 Å². The second-order valence-corrected chi connectivity index (χ2v) is 5.95. The fourth-order valence-electron chi connectivity index (χ4n) is 2.58. The SMILES string of the molecule is CC(C)(c1ccc(O)cc1)c1ccc(CC2OCO2)cc1. The summed E-state index contributed by atoms with van der Waals surface area (Å²) >= 11 is 0. The second-order valence-electron chi connectivity index (χ2n) is 5.95. The minimum atomic E-state index is -0.101. The van der Waals surface area contributed by atoms with E-state index < -0.39 is 0 Å². The molecule has 1 saturated heterocycles. The Bertz CT molecular complexity index is 595. The van der Waals surface area contributed by atoms with E-state index >= 15 is 0 Å². The van der Waals surface area contributed by atoms with Gasteiger partial charge in [0.1, 0.15) is 5.75 Å². The van der Waals surface area contributed by atoms with Gasteiger partial charge in [0.2, 0.25) is 0 Å². The average Bonchev–Trinajstić information content (AvgIpc) is 2.44. The molecule has 1 aliphatic heterocycles. The van der Waals surface area contributed by atoms with E-state index in [0.717, 1.165) is 6.42 Å². The summed E-state index contributed by atoms with van der Waals surface area (Å²) in [7, 11) is 0. The highest BCUT2D eigenvalue weighted by Gasteiger charge is 2.24. The topological polar surface area (TPSA) is 38.7 Å². The summed E-state index contributed by atoms with van der Waals surface area (Å²) in [6.07, 6.45) is 0.709. The predicted octanol–water partition coefficient (Wildman–Crippen LogP) is 3.59. The third kappa shape index (κ3) is 2.94. The molecule has 0 saturated carbocycles. The van der Waals surface area contributed by atoms with Crippen molar-refractivity contribution in [1.82, 2.24) is 0 Å². The molecule has 0 aliphatic carbocycles. The molecule has 0 spiro atoms. The van der Waals surface area contributed by atoms with E-state index in [1.54, 1.807) is 12.1 Å². The molecule has 0 amide bonds. The molecule has 21 heavy (non-hydrogen) atoms. The molecule has 1 heterocycles. The molecule has 1 aliphatic rings. The molecule has 2 aromatic carbocycles. The largest absolute Gasteiger partial charge is 0.508 e. The highest BCUT2D eigenvalue weighted by Crippen LogP contribution is 2.32. The molecule has 0 atom stereocenters. The van der Waals surface area contributed by atoms with Crippen LogP contribution in [-0.4, -0.2) is 18.2 Å². The molecule has 3 rings (SSSR count). The van der Waals surface area contributed by atoms with Crippen LogP contribution in [0, 0.1) is 0 Å². The maximum atomic E-state index is 9.42. The van der Waals surface area contributed by atoms with Gasteiger partial charge in [0.25, 0.3) is 0 Å². The van der Waals surface area contributed by atoms with Crippen molar-refractivity contribution in [2.75, 3.05) is 6.79 Å². The highest BCUT2D eigenvalue weighted by molar-refractivity contribution is 5.40. The first-order chi connectivity index (χ1) is 10.1. The number of hydrogen-bond acceptors (Lipinski definition) is 3. The fourth-order valence-corrected chi connectivity index (χ4v) is 2.58. The third-order valence-corrected chi connectivity index (χ3v) is 4.17. The van der Waals surface area contributed by atoms with E-state index in [2.05, 4.69) is 38.1 Å². The van der Waals surface area contributed by atoms with Crippen LogP contribution in [0.3, 0.4) is 0 Å². The van der Waals surface area contributed by atoms with Gasteiger partial charge in [-0.1, -0.05) is 50.2 Å². The van der Waals surface area contributed by atoms with Crippen molar-refractivity contribution >= 4 is 0 Å². The Hall–Kier alpha value is -1.84. The maximum absolute atomic E-state index is 9.42. The van der Waals surface area contributed by atoms with Crippen molar-refractivity contribution in [2.45, 2.75) is 32.0 Å². The number of phenolic OH excluding ortho intramolecular Hbond substituents is 1. The normalized spacial score (nSPS) is 15.7. The van der Waals surface area contributed by atoms with Crippen molar-refractivity contribution in [3.8, 4) is 5.75 Å². The zero-order valence-electron chi connectivity index (χ0n) is 12.4. The lowest BCUT2D eigenvalue weighted by molar-refractivity contribution is -0.318. The van der Waals surface area contributed by atoms with Crippen LogP contribution in [0.4, 0.5) is 0 Å². The molecule has 3 nitrogen and oxygen atoms in total. The van der Waals surface area contributed by atoms with Crippen LogP contribution >= 0.6 is 0 Å². The second kappa shape index (κ2) is 5.51. The lowest BCUT2D eigenvalue weighted by atomic mass is 9.78. The van der Waals surface area contributed by atoms with E-state index in [1.165, 1.54) is 16.7 Å². The summed E-state index contributed by atoms with van der Waals surface area (Å²) in [5.41, 5.74) is 3.53. The first-order valence-corrected chi connectivity index (χ1v) is 7.18. The van der Waals surface area contributed by atoms with Crippen LogP contribution in [0.15, 0.2) is 48.5 Å². The summed E-state index contributed by atoms with van der Waals surface area (Å²) in [5.74, 6) is 0.297. The lowest BCUT2D eigenvalue weighted by Gasteiger charge is -2.28. The van der Waals surface area contributed by atoms with Crippen LogP contribution < -0.4 is 0 Å². The molecule has 1 N–H and O–H groups in total. The van der Waals surface area contributed by atoms with Gasteiger partial charge in [0, 0.05) is 11.8 Å². The van der Waals surface area contributed by atoms with Crippen LogP contribution in [0.5, 0.6) is 5.75 Å². The number of ether oxygens (including phenoxy) is 2. The Kier molecular flexibility index (Phi) is 3.70. The zero-order chi connectivity index (χ0) is 14.9. The smallest absolute Gasteiger partial charge is 0.167 e. The number of aromatic hydroxyl groups is 1. The summed E-state index contributed by atoms with van der Waals surface area (Å²) in [4.78, 5) is 0. The fraction of sp³-hybridized carbons (Fsp3) is 0.333. The average molecular weight is 284 g/mol. The van der Waals surface area contributed by atoms with Gasteiger partial charge in [0.15, 0.2) is 13.1 Å². The van der Waals surface area contributed by atoms with Crippen molar-refractivity contribution in [1.29, 1.82) is 0 Å². The van der Waals surface area contributed by atoms with Crippen molar-refractivity contribution in [3.05, 3.63) is 65.2 Å². The minimum absolute atomic E-state index is 0.0824. The third-order valence-electron chi connectivity index (χ3n) is 4.17. The molecule has 110 valence electrons. The number of hydrogen-bond donors (Lipinski definition) is 1. The summed E-state index contributed by atoms with van der Waals surface area (Å²) in [6, 6.07) is 16.0. The van der Waals surface area contributed by atoms with E-state index in [1.807, 2.05) is 12.1 Å². The van der Waals surface area contributed by atoms with Crippen LogP contribution in [0.2, 0.25) is 0 Å². The molecule has 0 unspecified atom stereocenters. The zero-order valence-corrected chi connectivity index (χ0v) is 12.4. The Morgan fingerprint density at radius 2 is 1.48 bits per heavy atom. The number of benzene rings is 2. The van der Waals surface area contributed by atoms with E-state index in [0.29, 0.717) is 12.5 Å². The van der Waals surface area contributed by atoms with E-state index in [9.17, 15) is 5.11 Å². The van der Waals surface area contributed by atoms with E-state index in [4.69, 9.17) is 9.47 Å². The molecule has 1 fully saturated rings. The van der Waals surface area contributed by atoms with Gasteiger partial charge < -0.3 is 14.6 Å². The number of rotatable bonds is 4. The predicted molar refractivity (Wildman–Crippen MR) is 81.2 cm³/mol. The summed E-state index contributed by atoms with van der Waals surface area (Å²) in [5, 5.41) is 9.42. The standard InChI is InChI=1S/C18H20O3/c1-18(2,15-7-9-16(19)10-8-15)14-5-3-13(4-6-14)11-17-20-12-21-17/h3-10,17,19H,11-12H2,1-2H3. The highest BCUT2D eigenvalue weighted by atomic mass is 16.8. The van der Waals surface area contributed by atoms with Gasteiger partial charge in [-0.15, -0.1) is 0 Å². The summed E-state index contributed by atoms with van der Waals surface area (Å²) in [6.45, 7) is 4.79. The monoisotopic (exact) mass is 284 g/mol. The van der Waals surface area contributed by atoms with Crippen molar-refractivity contribution < 1.29 is 14.6 Å². The Morgan fingerprint density at radius 1 is 0.952 bits per heavy atom. The Morgan fingerprint density at radius 3 is 1.95 bits per heavy atom. The maximum Gasteiger partial charge on any atom is 0.167 e. The van der Waals surface area contributed by atoms with Gasteiger partial charge in [-0.3, -0.25) is 0 Å². The molecular formula is C18H20O3. The van der Waals surface area contributed by atoms with Gasteiger partial charge in [-0.2, -0.15) is 0 Å². The number of phenols is 1. The first kappa shape index (κ1) is 14.1. The summed E-state index contributed by atoms with van der Waals surface area (Å²) < 4.78 is 10.5. The van der Waals surface area contributed by atoms with E-state index in [-0.39, 0.29) is 11.7 Å². The molecule has 0 bridgehead atoms. The minimum Gasteiger partial charge on any atom is -0.508 e. The molecule has 0 radical (unpaired) electrons. The Labute approximate surface area is 125 Å². The molecular weight excluding hydrogens is 264 g/mol. The van der Waals surface area contributed by atoms with Crippen LogP contribution in [0.1, 0.15) is 30.5 Å². The lowest BCUT2D eigenvalue weighted by Crippen LogP contribution is -2.32.